The molecule has 0 fully saturated rings. The number of aromatic carboxylic acids is 1. The van der Waals surface area contributed by atoms with Gasteiger partial charge in [-0.1, -0.05) is 0 Å². The highest BCUT2D eigenvalue weighted by Crippen LogP contribution is 2.28. The van der Waals surface area contributed by atoms with E-state index in [1.54, 1.807) is 17.4 Å². The highest BCUT2D eigenvalue weighted by Gasteiger charge is 2.17. The summed E-state index contributed by atoms with van der Waals surface area (Å²) >= 11 is 1.62. The third-order valence-electron chi connectivity index (χ3n) is 2.98. The quantitative estimate of drug-likeness (QED) is 0.903. The largest absolute Gasteiger partial charge is 0.478 e. The Kier molecular flexibility index (Phi) is 4.04. The van der Waals surface area contributed by atoms with Crippen LogP contribution in [0, 0.1) is 20.8 Å². The Morgan fingerprint density at radius 3 is 2.65 bits per heavy atom. The second kappa shape index (κ2) is 5.58. The summed E-state index contributed by atoms with van der Waals surface area (Å²) in [5, 5.41) is 13.5. The van der Waals surface area contributed by atoms with Crippen molar-refractivity contribution in [1.82, 2.24) is 9.97 Å². The van der Waals surface area contributed by atoms with E-state index < -0.39 is 5.97 Å². The lowest BCUT2D eigenvalue weighted by atomic mass is 10.1. The number of aryl methyl sites for hydroxylation is 3. The van der Waals surface area contributed by atoms with E-state index in [2.05, 4.69) is 15.3 Å². The molecule has 5 nitrogen and oxygen atoms in total. The Morgan fingerprint density at radius 2 is 2.10 bits per heavy atom. The molecule has 0 radical (unpaired) electrons. The number of anilines is 1. The van der Waals surface area contributed by atoms with Gasteiger partial charge in [0.1, 0.15) is 5.56 Å². The van der Waals surface area contributed by atoms with Crippen molar-refractivity contribution in [3.63, 3.8) is 0 Å². The molecule has 20 heavy (non-hydrogen) atoms. The number of aromatic nitrogens is 2. The summed E-state index contributed by atoms with van der Waals surface area (Å²) in [5.74, 6) is -0.982. The Morgan fingerprint density at radius 1 is 1.40 bits per heavy atom. The first-order valence-corrected chi connectivity index (χ1v) is 7.10. The molecule has 1 atom stereocenters. The molecule has 0 aromatic carbocycles. The molecule has 106 valence electrons. The number of hydrogen-bond acceptors (Lipinski definition) is 5. The summed E-state index contributed by atoms with van der Waals surface area (Å²) in [7, 11) is 0. The van der Waals surface area contributed by atoms with Gasteiger partial charge in [0, 0.05) is 16.8 Å². The van der Waals surface area contributed by atoms with Gasteiger partial charge in [-0.05, 0) is 33.8 Å². The third kappa shape index (κ3) is 2.96. The smallest absolute Gasteiger partial charge is 0.339 e. The molecule has 0 bridgehead atoms. The molecule has 2 rings (SSSR count). The Hall–Kier alpha value is -1.95. The number of carboxylic acids is 1. The number of pyridine rings is 1. The summed E-state index contributed by atoms with van der Waals surface area (Å²) in [6.07, 6.45) is 1.39. The minimum atomic E-state index is -0.982. The number of hydrogen-bond donors (Lipinski definition) is 2. The van der Waals surface area contributed by atoms with Crippen molar-refractivity contribution in [3.05, 3.63) is 39.1 Å². The summed E-state index contributed by atoms with van der Waals surface area (Å²) in [4.78, 5) is 20.8. The fourth-order valence-corrected chi connectivity index (χ4v) is 3.03. The molecule has 2 aromatic heterocycles. The van der Waals surface area contributed by atoms with Crippen LogP contribution in [-0.4, -0.2) is 21.0 Å². The van der Waals surface area contributed by atoms with Crippen LogP contribution in [0.2, 0.25) is 0 Å². The van der Waals surface area contributed by atoms with Crippen LogP contribution >= 0.6 is 11.3 Å². The minimum absolute atomic E-state index is 0.00102. The van der Waals surface area contributed by atoms with Crippen molar-refractivity contribution in [1.29, 1.82) is 0 Å². The molecule has 0 amide bonds. The highest BCUT2D eigenvalue weighted by atomic mass is 32.1. The van der Waals surface area contributed by atoms with Crippen molar-refractivity contribution in [2.45, 2.75) is 33.7 Å². The van der Waals surface area contributed by atoms with Gasteiger partial charge in [-0.25, -0.2) is 9.78 Å². The zero-order valence-corrected chi connectivity index (χ0v) is 12.7. The average molecular weight is 291 g/mol. The predicted octanol–water partition coefficient (Wildman–Crippen LogP) is 3.33. The molecule has 2 N–H and O–H groups in total. The summed E-state index contributed by atoms with van der Waals surface area (Å²) in [6.45, 7) is 7.77. The summed E-state index contributed by atoms with van der Waals surface area (Å²) in [6, 6.07) is 1.75. The van der Waals surface area contributed by atoms with E-state index in [1.807, 2.05) is 27.7 Å². The van der Waals surface area contributed by atoms with Gasteiger partial charge in [-0.3, -0.25) is 4.98 Å². The maximum atomic E-state index is 11.2. The van der Waals surface area contributed by atoms with E-state index in [1.165, 1.54) is 6.20 Å². The van der Waals surface area contributed by atoms with Crippen LogP contribution in [0.1, 0.15) is 44.6 Å². The van der Waals surface area contributed by atoms with E-state index in [4.69, 9.17) is 0 Å². The van der Waals surface area contributed by atoms with Crippen LogP contribution in [0.4, 0.5) is 5.69 Å². The molecular formula is C14H17N3O2S. The van der Waals surface area contributed by atoms with Crippen molar-refractivity contribution in [3.8, 4) is 0 Å². The first-order valence-electron chi connectivity index (χ1n) is 6.29. The van der Waals surface area contributed by atoms with Crippen molar-refractivity contribution in [2.75, 3.05) is 5.32 Å². The van der Waals surface area contributed by atoms with Gasteiger partial charge in [-0.2, -0.15) is 0 Å². The number of nitrogens with zero attached hydrogens (tertiary/aromatic N) is 2. The van der Waals surface area contributed by atoms with E-state index in [0.29, 0.717) is 5.69 Å². The molecule has 0 aliphatic carbocycles. The second-order valence-electron chi connectivity index (χ2n) is 4.72. The van der Waals surface area contributed by atoms with Crippen molar-refractivity contribution < 1.29 is 9.90 Å². The van der Waals surface area contributed by atoms with Gasteiger partial charge in [0.25, 0.3) is 0 Å². The lowest BCUT2D eigenvalue weighted by Gasteiger charge is -2.16. The van der Waals surface area contributed by atoms with Crippen LogP contribution in [-0.2, 0) is 0 Å². The SMILES string of the molecule is Cc1cc(NC(C)c2sc(C)nc2C)c(C(=O)O)cn1. The van der Waals surface area contributed by atoms with Crippen LogP contribution in [0.25, 0.3) is 0 Å². The van der Waals surface area contributed by atoms with Gasteiger partial charge >= 0.3 is 5.97 Å². The van der Waals surface area contributed by atoms with Gasteiger partial charge < -0.3 is 10.4 Å². The highest BCUT2D eigenvalue weighted by molar-refractivity contribution is 7.11. The number of thiazole rings is 1. The maximum absolute atomic E-state index is 11.2. The van der Waals surface area contributed by atoms with Crippen molar-refractivity contribution in [2.24, 2.45) is 0 Å². The molecule has 0 aliphatic heterocycles. The molecule has 6 heteroatoms. The Labute approximate surface area is 121 Å². The van der Waals surface area contributed by atoms with Crippen molar-refractivity contribution >= 4 is 23.0 Å². The van der Waals surface area contributed by atoms with Crippen LogP contribution in [0.5, 0.6) is 0 Å². The average Bonchev–Trinajstić information content (AvgIpc) is 2.68. The molecule has 0 saturated carbocycles. The van der Waals surface area contributed by atoms with E-state index in [-0.39, 0.29) is 11.6 Å². The Balaban J connectivity index is 2.32. The zero-order chi connectivity index (χ0) is 14.9. The third-order valence-corrected chi connectivity index (χ3v) is 4.23. The minimum Gasteiger partial charge on any atom is -0.478 e. The normalized spacial score (nSPS) is 12.2. The topological polar surface area (TPSA) is 75.1 Å². The Bertz CT molecular complexity index is 652. The first kappa shape index (κ1) is 14.5. The monoisotopic (exact) mass is 291 g/mol. The first-order chi connectivity index (χ1) is 9.38. The number of rotatable bonds is 4. The second-order valence-corrected chi connectivity index (χ2v) is 5.96. The van der Waals surface area contributed by atoms with Crippen LogP contribution < -0.4 is 5.32 Å². The molecular weight excluding hydrogens is 274 g/mol. The number of carboxylic acid groups (broad SMARTS) is 1. The molecule has 0 saturated heterocycles. The predicted molar refractivity (Wildman–Crippen MR) is 79.6 cm³/mol. The van der Waals surface area contributed by atoms with Gasteiger partial charge in [0.05, 0.1) is 22.4 Å². The van der Waals surface area contributed by atoms with Gasteiger partial charge in [-0.15, -0.1) is 11.3 Å². The fraction of sp³-hybridized carbons (Fsp3) is 0.357. The lowest BCUT2D eigenvalue weighted by Crippen LogP contribution is -2.11. The molecule has 2 aromatic rings. The summed E-state index contributed by atoms with van der Waals surface area (Å²) < 4.78 is 0. The zero-order valence-electron chi connectivity index (χ0n) is 11.9. The van der Waals surface area contributed by atoms with E-state index in [0.717, 1.165) is 21.3 Å². The van der Waals surface area contributed by atoms with E-state index >= 15 is 0 Å². The molecule has 0 aliphatic rings. The standard InChI is InChI=1S/C14H17N3O2S/c1-7-5-12(11(6-15-7)14(18)19)17-9(3)13-8(2)16-10(4)20-13/h5-6,9H,1-4H3,(H,15,17)(H,18,19). The number of nitrogens with one attached hydrogen (secondary N) is 1. The van der Waals surface area contributed by atoms with Crippen LogP contribution in [0.15, 0.2) is 12.3 Å². The molecule has 2 heterocycles. The lowest BCUT2D eigenvalue weighted by molar-refractivity contribution is 0.0697. The molecule has 1 unspecified atom stereocenters. The van der Waals surface area contributed by atoms with Gasteiger partial charge in [0.15, 0.2) is 0 Å². The number of carbonyl (C=O) groups is 1. The van der Waals surface area contributed by atoms with E-state index in [9.17, 15) is 9.90 Å². The summed E-state index contributed by atoms with van der Waals surface area (Å²) in [5.41, 5.74) is 2.53. The van der Waals surface area contributed by atoms with Crippen LogP contribution in [0.3, 0.4) is 0 Å². The molecule has 0 spiro atoms. The van der Waals surface area contributed by atoms with Gasteiger partial charge in [0.2, 0.25) is 0 Å². The maximum Gasteiger partial charge on any atom is 0.339 e. The fourth-order valence-electron chi connectivity index (χ4n) is 2.10.